The van der Waals surface area contributed by atoms with Crippen LogP contribution in [0.2, 0.25) is 0 Å². The number of nitrogens with one attached hydrogen (secondary N) is 1. The van der Waals surface area contributed by atoms with E-state index in [1.54, 1.807) is 18.3 Å². The molecule has 0 spiro atoms. The molecular weight excluding hydrogens is 387 g/mol. The highest BCUT2D eigenvalue weighted by Crippen LogP contribution is 2.60. The van der Waals surface area contributed by atoms with Crippen molar-refractivity contribution < 1.29 is 9.18 Å². The quantitative estimate of drug-likeness (QED) is 0.580. The van der Waals surface area contributed by atoms with Gasteiger partial charge in [-0.05, 0) is 96.6 Å². The lowest BCUT2D eigenvalue weighted by molar-refractivity contribution is -0.146. The monoisotopic (exact) mass is 414 g/mol. The van der Waals surface area contributed by atoms with E-state index in [-0.39, 0.29) is 17.1 Å². The van der Waals surface area contributed by atoms with Crippen molar-refractivity contribution in [3.63, 3.8) is 0 Å². The highest BCUT2D eigenvalue weighted by atomic mass is 19.1. The molecule has 0 saturated heterocycles. The minimum Gasteiger partial charge on any atom is -0.352 e. The molecule has 0 atom stereocenters. The number of amides is 1. The Labute approximate surface area is 182 Å². The highest BCUT2D eigenvalue weighted by Gasteiger charge is 2.54. The maximum atomic E-state index is 13.8. The second kappa shape index (κ2) is 7.15. The summed E-state index contributed by atoms with van der Waals surface area (Å²) in [6, 6.07) is 12.7. The number of fused-ring (bicyclic) bond motifs is 1. The van der Waals surface area contributed by atoms with E-state index in [2.05, 4.69) is 10.3 Å². The number of halogens is 1. The summed E-state index contributed by atoms with van der Waals surface area (Å²) in [5.74, 6) is 2.28. The molecule has 4 aliphatic rings. The zero-order chi connectivity index (χ0) is 21.0. The maximum Gasteiger partial charge on any atom is 0.226 e. The summed E-state index contributed by atoms with van der Waals surface area (Å²) in [5.41, 5.74) is 2.75. The van der Waals surface area contributed by atoms with E-state index in [0.29, 0.717) is 6.54 Å². The predicted molar refractivity (Wildman–Crippen MR) is 120 cm³/mol. The number of hydrogen-bond donors (Lipinski definition) is 1. The zero-order valence-electron chi connectivity index (χ0n) is 17.6. The fraction of sp³-hybridized carbons (Fsp3) is 0.407. The zero-order valence-corrected chi connectivity index (χ0v) is 17.6. The molecular formula is C27H27FN2O. The Morgan fingerprint density at radius 1 is 1.00 bits per heavy atom. The summed E-state index contributed by atoms with van der Waals surface area (Å²) in [6.45, 7) is 0.506. The van der Waals surface area contributed by atoms with Crippen molar-refractivity contribution in [2.24, 2.45) is 23.2 Å². The maximum absolute atomic E-state index is 13.8. The Balaban J connectivity index is 1.28. The third kappa shape index (κ3) is 3.24. The molecule has 3 nitrogen and oxygen atoms in total. The van der Waals surface area contributed by atoms with Crippen molar-refractivity contribution in [1.82, 2.24) is 10.3 Å². The van der Waals surface area contributed by atoms with Gasteiger partial charge < -0.3 is 5.32 Å². The van der Waals surface area contributed by atoms with Gasteiger partial charge in [-0.3, -0.25) is 9.78 Å². The number of nitrogens with zero attached hydrogens (tertiary/aromatic N) is 1. The topological polar surface area (TPSA) is 42.0 Å². The lowest BCUT2D eigenvalue weighted by atomic mass is 9.49. The van der Waals surface area contributed by atoms with Crippen molar-refractivity contribution >= 4 is 16.7 Å². The number of rotatable bonds is 4. The average Bonchev–Trinajstić information content (AvgIpc) is 2.76. The van der Waals surface area contributed by atoms with Crippen LogP contribution in [-0.2, 0) is 11.3 Å². The molecule has 2 aromatic carbocycles. The van der Waals surface area contributed by atoms with Gasteiger partial charge in [0.1, 0.15) is 5.82 Å². The Bertz CT molecular complexity index is 1140. The summed E-state index contributed by atoms with van der Waals surface area (Å²) in [6.07, 6.45) is 10.9. The molecule has 4 saturated carbocycles. The van der Waals surface area contributed by atoms with Crippen molar-refractivity contribution in [2.45, 2.75) is 45.1 Å². The molecule has 0 unspecified atom stereocenters. The van der Waals surface area contributed by atoms with Crippen LogP contribution in [0.5, 0.6) is 0 Å². The van der Waals surface area contributed by atoms with E-state index in [1.165, 1.54) is 25.3 Å². The number of pyridine rings is 1. The molecule has 4 fully saturated rings. The normalized spacial score (nSPS) is 28.7. The molecule has 3 aromatic rings. The number of aromatic nitrogens is 1. The lowest BCUT2D eigenvalue weighted by Crippen LogP contribution is -2.53. The molecule has 0 radical (unpaired) electrons. The van der Waals surface area contributed by atoms with E-state index in [1.807, 2.05) is 30.5 Å². The van der Waals surface area contributed by atoms with Crippen molar-refractivity contribution in [3.8, 4) is 11.1 Å². The average molecular weight is 415 g/mol. The fourth-order valence-corrected chi connectivity index (χ4v) is 7.06. The van der Waals surface area contributed by atoms with Gasteiger partial charge in [0.15, 0.2) is 0 Å². The molecule has 31 heavy (non-hydrogen) atoms. The van der Waals surface area contributed by atoms with Crippen LogP contribution in [0.1, 0.15) is 44.1 Å². The molecule has 1 amide bonds. The van der Waals surface area contributed by atoms with Crippen LogP contribution in [0.15, 0.2) is 54.9 Å². The van der Waals surface area contributed by atoms with Gasteiger partial charge in [-0.25, -0.2) is 4.39 Å². The first-order valence-corrected chi connectivity index (χ1v) is 11.5. The van der Waals surface area contributed by atoms with Gasteiger partial charge in [0.2, 0.25) is 5.91 Å². The van der Waals surface area contributed by atoms with Crippen LogP contribution in [0, 0.1) is 29.0 Å². The van der Waals surface area contributed by atoms with Crippen LogP contribution in [0.25, 0.3) is 21.9 Å². The SMILES string of the molecule is O=C(NCc1ccc(-c2cccc(F)c2)c2ccncc12)C12CC3CC(CC(C3)C1)C2. The van der Waals surface area contributed by atoms with E-state index < -0.39 is 0 Å². The van der Waals surface area contributed by atoms with Gasteiger partial charge in [0.05, 0.1) is 0 Å². The molecule has 158 valence electrons. The molecule has 4 bridgehead atoms. The molecule has 0 aliphatic heterocycles. The number of carbonyl (C=O) groups is 1. The Morgan fingerprint density at radius 3 is 2.45 bits per heavy atom. The van der Waals surface area contributed by atoms with Crippen molar-refractivity contribution in [1.29, 1.82) is 0 Å². The van der Waals surface area contributed by atoms with Gasteiger partial charge in [-0.15, -0.1) is 0 Å². The first-order valence-electron chi connectivity index (χ1n) is 11.5. The molecule has 1 heterocycles. The second-order valence-corrected chi connectivity index (χ2v) is 10.1. The molecule has 1 aromatic heterocycles. The smallest absolute Gasteiger partial charge is 0.226 e. The third-order valence-electron chi connectivity index (χ3n) is 8.00. The lowest BCUT2D eigenvalue weighted by Gasteiger charge is -2.55. The first-order chi connectivity index (χ1) is 15.1. The largest absolute Gasteiger partial charge is 0.352 e. The minimum absolute atomic E-state index is 0.135. The molecule has 1 N–H and O–H groups in total. The minimum atomic E-state index is -0.244. The van der Waals surface area contributed by atoms with Crippen LogP contribution >= 0.6 is 0 Å². The van der Waals surface area contributed by atoms with Crippen LogP contribution in [0.3, 0.4) is 0 Å². The van der Waals surface area contributed by atoms with Gasteiger partial charge in [0.25, 0.3) is 0 Å². The summed E-state index contributed by atoms with van der Waals surface area (Å²) < 4.78 is 13.8. The van der Waals surface area contributed by atoms with Crippen molar-refractivity contribution in [3.05, 3.63) is 66.2 Å². The van der Waals surface area contributed by atoms with Gasteiger partial charge in [0, 0.05) is 29.7 Å². The first kappa shape index (κ1) is 19.0. The molecule has 7 rings (SSSR count). The predicted octanol–water partition coefficient (Wildman–Crippen LogP) is 5.87. The van der Waals surface area contributed by atoms with Gasteiger partial charge in [-0.1, -0.05) is 24.3 Å². The summed E-state index contributed by atoms with van der Waals surface area (Å²) in [4.78, 5) is 17.7. The Kier molecular flexibility index (Phi) is 4.38. The molecule has 4 heteroatoms. The van der Waals surface area contributed by atoms with E-state index in [9.17, 15) is 9.18 Å². The summed E-state index contributed by atoms with van der Waals surface area (Å²) in [5, 5.41) is 5.33. The van der Waals surface area contributed by atoms with Crippen molar-refractivity contribution in [2.75, 3.05) is 0 Å². The van der Waals surface area contributed by atoms with E-state index in [4.69, 9.17) is 0 Å². The second-order valence-electron chi connectivity index (χ2n) is 10.1. The van der Waals surface area contributed by atoms with Crippen LogP contribution in [-0.4, -0.2) is 10.9 Å². The third-order valence-corrected chi connectivity index (χ3v) is 8.00. The van der Waals surface area contributed by atoms with E-state index >= 15 is 0 Å². The fourth-order valence-electron chi connectivity index (χ4n) is 7.06. The molecule has 4 aliphatic carbocycles. The Hall–Kier alpha value is -2.75. The van der Waals surface area contributed by atoms with Crippen LogP contribution in [0.4, 0.5) is 4.39 Å². The Morgan fingerprint density at radius 2 is 1.74 bits per heavy atom. The number of hydrogen-bond acceptors (Lipinski definition) is 2. The van der Waals surface area contributed by atoms with E-state index in [0.717, 1.165) is 64.5 Å². The standard InChI is InChI=1S/C27H27FN2O/c28-22-3-1-2-20(11-22)23-5-4-21(25-16-29-7-6-24(23)25)15-30-26(31)27-12-17-8-18(13-27)10-19(9-17)14-27/h1-7,11,16-19H,8-10,12-15H2,(H,30,31). The number of carbonyl (C=O) groups excluding carboxylic acids is 1. The summed E-state index contributed by atoms with van der Waals surface area (Å²) in [7, 11) is 0. The summed E-state index contributed by atoms with van der Waals surface area (Å²) >= 11 is 0. The highest BCUT2D eigenvalue weighted by molar-refractivity contribution is 5.98. The van der Waals surface area contributed by atoms with Gasteiger partial charge in [-0.2, -0.15) is 0 Å². The van der Waals surface area contributed by atoms with Gasteiger partial charge >= 0.3 is 0 Å². The number of benzene rings is 2. The van der Waals surface area contributed by atoms with Crippen LogP contribution < -0.4 is 5.32 Å².